The van der Waals surface area contributed by atoms with E-state index in [2.05, 4.69) is 25.0 Å². The van der Waals surface area contributed by atoms with Crippen LogP contribution in [0.5, 0.6) is 5.75 Å². The van der Waals surface area contributed by atoms with Crippen molar-refractivity contribution in [2.45, 2.75) is 0 Å². The second-order valence-corrected chi connectivity index (χ2v) is 3.89. The molecule has 0 fully saturated rings. The van der Waals surface area contributed by atoms with Gasteiger partial charge in [-0.15, -0.1) is 0 Å². The van der Waals surface area contributed by atoms with Crippen LogP contribution in [0.3, 0.4) is 0 Å². The summed E-state index contributed by atoms with van der Waals surface area (Å²) < 4.78 is 6.53. The molecule has 0 bridgehead atoms. The van der Waals surface area contributed by atoms with Crippen molar-refractivity contribution in [2.24, 2.45) is 0 Å². The first-order chi connectivity index (χ1) is 9.76. The monoisotopic (exact) mass is 269 g/mol. The first-order valence-electron chi connectivity index (χ1n) is 5.77. The molecule has 20 heavy (non-hydrogen) atoms. The lowest BCUT2D eigenvalue weighted by atomic mass is 10.2. The van der Waals surface area contributed by atoms with Crippen LogP contribution >= 0.6 is 0 Å². The number of ether oxygens (including phenoxy) is 1. The maximum absolute atomic E-state index is 5.71. The third-order valence-electron chi connectivity index (χ3n) is 2.61. The molecule has 3 rings (SSSR count). The molecule has 0 aliphatic carbocycles. The van der Waals surface area contributed by atoms with Crippen molar-refractivity contribution < 1.29 is 4.74 Å². The highest BCUT2D eigenvalue weighted by molar-refractivity contribution is 5.57. The molecule has 0 aliphatic heterocycles. The second-order valence-electron chi connectivity index (χ2n) is 3.89. The number of anilines is 1. The van der Waals surface area contributed by atoms with E-state index >= 15 is 0 Å². The molecule has 2 N–H and O–H groups in total. The number of methoxy groups -OCH3 is 1. The van der Waals surface area contributed by atoms with Crippen molar-refractivity contribution in [3.05, 3.63) is 36.9 Å². The highest BCUT2D eigenvalue weighted by Crippen LogP contribution is 2.20. The molecule has 0 aliphatic rings. The van der Waals surface area contributed by atoms with Gasteiger partial charge >= 0.3 is 0 Å². The van der Waals surface area contributed by atoms with Crippen LogP contribution in [0.15, 0.2) is 36.9 Å². The van der Waals surface area contributed by atoms with Crippen molar-refractivity contribution in [3.8, 4) is 23.1 Å². The number of hydrogen-bond donors (Lipinski definition) is 1. The number of nitrogens with zero attached hydrogens (tertiary/aromatic N) is 6. The Hall–Kier alpha value is -3.03. The van der Waals surface area contributed by atoms with Crippen LogP contribution in [0, 0.1) is 0 Å². The Morgan fingerprint density at radius 2 is 1.90 bits per heavy atom. The molecular formula is C12H11N7O. The zero-order valence-corrected chi connectivity index (χ0v) is 10.6. The van der Waals surface area contributed by atoms with Gasteiger partial charge in [-0.25, -0.2) is 4.98 Å². The summed E-state index contributed by atoms with van der Waals surface area (Å²) in [5.74, 6) is 1.66. The SMILES string of the molecule is COc1ccc(-c2nc(N)nc(-n3cncn3)n2)cc1. The van der Waals surface area contributed by atoms with Gasteiger partial charge in [0.15, 0.2) is 5.82 Å². The second kappa shape index (κ2) is 4.92. The summed E-state index contributed by atoms with van der Waals surface area (Å²) in [6.45, 7) is 0. The molecular weight excluding hydrogens is 258 g/mol. The summed E-state index contributed by atoms with van der Waals surface area (Å²) in [6.07, 6.45) is 2.89. The Balaban J connectivity index is 2.04. The fourth-order valence-electron chi connectivity index (χ4n) is 1.66. The van der Waals surface area contributed by atoms with E-state index < -0.39 is 0 Å². The molecule has 100 valence electrons. The predicted octanol–water partition coefficient (Wildman–Crippen LogP) is 0.710. The van der Waals surface area contributed by atoms with E-state index in [0.29, 0.717) is 11.8 Å². The highest BCUT2D eigenvalue weighted by Gasteiger charge is 2.09. The lowest BCUT2D eigenvalue weighted by Crippen LogP contribution is -2.08. The van der Waals surface area contributed by atoms with Crippen molar-refractivity contribution in [2.75, 3.05) is 12.8 Å². The first kappa shape index (κ1) is 12.0. The zero-order valence-electron chi connectivity index (χ0n) is 10.6. The van der Waals surface area contributed by atoms with Gasteiger partial charge in [-0.05, 0) is 24.3 Å². The van der Waals surface area contributed by atoms with E-state index in [-0.39, 0.29) is 5.95 Å². The Bertz CT molecular complexity index is 709. The molecule has 0 saturated heterocycles. The number of rotatable bonds is 3. The molecule has 2 aromatic heterocycles. The van der Waals surface area contributed by atoms with Crippen LogP contribution in [0.2, 0.25) is 0 Å². The van der Waals surface area contributed by atoms with Gasteiger partial charge < -0.3 is 10.5 Å². The fourth-order valence-corrected chi connectivity index (χ4v) is 1.66. The Morgan fingerprint density at radius 3 is 2.55 bits per heavy atom. The van der Waals surface area contributed by atoms with E-state index in [1.807, 2.05) is 24.3 Å². The Morgan fingerprint density at radius 1 is 1.10 bits per heavy atom. The standard InChI is InChI=1S/C12H11N7O/c1-20-9-4-2-8(3-5-9)10-16-11(13)18-12(17-10)19-7-14-6-15-19/h2-7H,1H3,(H2,13,16,17,18). The summed E-state index contributed by atoms with van der Waals surface area (Å²) in [4.78, 5) is 16.3. The summed E-state index contributed by atoms with van der Waals surface area (Å²) in [5, 5.41) is 3.97. The summed E-state index contributed by atoms with van der Waals surface area (Å²) in [7, 11) is 1.61. The van der Waals surface area contributed by atoms with E-state index in [1.54, 1.807) is 7.11 Å². The minimum absolute atomic E-state index is 0.122. The molecule has 1 aromatic carbocycles. The number of nitrogens with two attached hydrogens (primary N) is 1. The third kappa shape index (κ3) is 2.26. The maximum atomic E-state index is 5.71. The predicted molar refractivity (Wildman–Crippen MR) is 71.1 cm³/mol. The lowest BCUT2D eigenvalue weighted by Gasteiger charge is -2.05. The lowest BCUT2D eigenvalue weighted by molar-refractivity contribution is 0.415. The number of hydrogen-bond acceptors (Lipinski definition) is 7. The topological polar surface area (TPSA) is 105 Å². The van der Waals surface area contributed by atoms with E-state index in [1.165, 1.54) is 17.3 Å². The molecule has 0 atom stereocenters. The molecule has 0 radical (unpaired) electrons. The maximum Gasteiger partial charge on any atom is 0.257 e. The normalized spacial score (nSPS) is 10.4. The number of nitrogen functional groups attached to an aromatic ring is 1. The quantitative estimate of drug-likeness (QED) is 0.746. The van der Waals surface area contributed by atoms with Crippen molar-refractivity contribution >= 4 is 5.95 Å². The molecule has 0 saturated carbocycles. The number of aromatic nitrogens is 6. The van der Waals surface area contributed by atoms with E-state index in [9.17, 15) is 0 Å². The third-order valence-corrected chi connectivity index (χ3v) is 2.61. The zero-order chi connectivity index (χ0) is 13.9. The van der Waals surface area contributed by atoms with Crippen LogP contribution in [0.1, 0.15) is 0 Å². The van der Waals surface area contributed by atoms with Crippen LogP contribution in [-0.2, 0) is 0 Å². The van der Waals surface area contributed by atoms with E-state index in [0.717, 1.165) is 11.3 Å². The van der Waals surface area contributed by atoms with Gasteiger partial charge in [0.05, 0.1) is 7.11 Å². The van der Waals surface area contributed by atoms with Gasteiger partial charge in [0.1, 0.15) is 18.4 Å². The van der Waals surface area contributed by atoms with Crippen molar-refractivity contribution in [1.82, 2.24) is 29.7 Å². The van der Waals surface area contributed by atoms with Crippen LogP contribution in [0.4, 0.5) is 5.95 Å². The van der Waals surface area contributed by atoms with Gasteiger partial charge in [-0.3, -0.25) is 0 Å². The van der Waals surface area contributed by atoms with Crippen molar-refractivity contribution in [1.29, 1.82) is 0 Å². The average Bonchev–Trinajstić information content (AvgIpc) is 3.01. The van der Waals surface area contributed by atoms with E-state index in [4.69, 9.17) is 10.5 Å². The fraction of sp³-hybridized carbons (Fsp3) is 0.0833. The van der Waals surface area contributed by atoms with Crippen LogP contribution < -0.4 is 10.5 Å². The minimum Gasteiger partial charge on any atom is -0.497 e. The van der Waals surface area contributed by atoms with Gasteiger partial charge in [0.2, 0.25) is 5.95 Å². The smallest absolute Gasteiger partial charge is 0.257 e. The summed E-state index contributed by atoms with van der Waals surface area (Å²) >= 11 is 0. The molecule has 8 nitrogen and oxygen atoms in total. The molecule has 3 aromatic rings. The van der Waals surface area contributed by atoms with Crippen molar-refractivity contribution in [3.63, 3.8) is 0 Å². The molecule has 0 spiro atoms. The summed E-state index contributed by atoms with van der Waals surface area (Å²) in [6, 6.07) is 7.34. The molecule has 8 heteroatoms. The largest absolute Gasteiger partial charge is 0.497 e. The first-order valence-corrected chi connectivity index (χ1v) is 5.77. The average molecular weight is 269 g/mol. The number of benzene rings is 1. The van der Waals surface area contributed by atoms with Gasteiger partial charge in [-0.1, -0.05) is 0 Å². The Labute approximate surface area is 114 Å². The highest BCUT2D eigenvalue weighted by atomic mass is 16.5. The molecule has 2 heterocycles. The molecule has 0 amide bonds. The van der Waals surface area contributed by atoms with Gasteiger partial charge in [-0.2, -0.15) is 24.7 Å². The van der Waals surface area contributed by atoms with Crippen LogP contribution in [-0.4, -0.2) is 36.8 Å². The summed E-state index contributed by atoms with van der Waals surface area (Å²) in [5.41, 5.74) is 6.52. The molecule has 0 unspecified atom stereocenters. The van der Waals surface area contributed by atoms with Crippen LogP contribution in [0.25, 0.3) is 17.3 Å². The van der Waals surface area contributed by atoms with Gasteiger partial charge in [0, 0.05) is 5.56 Å². The van der Waals surface area contributed by atoms with Gasteiger partial charge in [0.25, 0.3) is 5.95 Å². The minimum atomic E-state index is 0.122. The Kier molecular flexibility index (Phi) is 2.96.